The SMILES string of the molecule is CP1(=S)SCCCSP(C)(=S)SCCCS1. The van der Waals surface area contributed by atoms with Gasteiger partial charge in [-0.25, -0.2) is 0 Å². The average molecular weight is 369 g/mol. The van der Waals surface area contributed by atoms with Gasteiger partial charge < -0.3 is 0 Å². The molecule has 0 atom stereocenters. The first-order chi connectivity index (χ1) is 7.41. The van der Waals surface area contributed by atoms with E-state index in [9.17, 15) is 0 Å². The summed E-state index contributed by atoms with van der Waals surface area (Å²) in [7, 11) is 0. The van der Waals surface area contributed by atoms with Crippen LogP contribution in [-0.4, -0.2) is 36.3 Å². The van der Waals surface area contributed by atoms with Crippen molar-refractivity contribution in [1.82, 2.24) is 0 Å². The molecule has 0 aromatic rings. The highest BCUT2D eigenvalue weighted by molar-refractivity contribution is 9.01. The van der Waals surface area contributed by atoms with E-state index >= 15 is 0 Å². The summed E-state index contributed by atoms with van der Waals surface area (Å²) in [4.78, 5) is 0. The van der Waals surface area contributed by atoms with E-state index in [1.807, 2.05) is 45.5 Å². The van der Waals surface area contributed by atoms with E-state index in [2.05, 4.69) is 13.3 Å². The Labute approximate surface area is 126 Å². The smallest absolute Gasteiger partial charge is 0.0542 e. The normalized spacial score (nSPS) is 39.6. The maximum atomic E-state index is 5.68. The van der Waals surface area contributed by atoms with Gasteiger partial charge in [-0.2, -0.15) is 0 Å². The van der Waals surface area contributed by atoms with Crippen LogP contribution < -0.4 is 0 Å². The quantitative estimate of drug-likeness (QED) is 0.507. The minimum Gasteiger partial charge on any atom is -0.114 e. The maximum absolute atomic E-state index is 5.68. The molecule has 0 aliphatic carbocycles. The Morgan fingerprint density at radius 1 is 0.688 bits per heavy atom. The lowest BCUT2D eigenvalue weighted by atomic mass is 10.6. The standard InChI is InChI=1S/C8H18P2S6/c1-9(11)13-5-3-7-15-10(2,12)16-8-4-6-14-9/h3-8H2,1-2H3. The Balaban J connectivity index is 2.45. The predicted molar refractivity (Wildman–Crippen MR) is 99.5 cm³/mol. The van der Waals surface area contributed by atoms with Gasteiger partial charge >= 0.3 is 0 Å². The molecule has 0 amide bonds. The molecular formula is C8H18P2S6. The van der Waals surface area contributed by atoms with Gasteiger partial charge in [0.05, 0.1) is 8.88 Å². The Morgan fingerprint density at radius 3 is 1.19 bits per heavy atom. The van der Waals surface area contributed by atoms with Crippen molar-refractivity contribution in [1.29, 1.82) is 0 Å². The van der Waals surface area contributed by atoms with Crippen LogP contribution >= 0.6 is 54.4 Å². The second-order valence-electron chi connectivity index (χ2n) is 3.58. The van der Waals surface area contributed by atoms with Crippen molar-refractivity contribution < 1.29 is 0 Å². The molecule has 0 unspecified atom stereocenters. The molecule has 96 valence electrons. The van der Waals surface area contributed by atoms with Crippen LogP contribution in [0.2, 0.25) is 0 Å². The molecule has 8 heteroatoms. The third kappa shape index (κ3) is 7.99. The lowest BCUT2D eigenvalue weighted by Crippen LogP contribution is -1.88. The van der Waals surface area contributed by atoms with E-state index < -0.39 is 8.88 Å². The highest BCUT2D eigenvalue weighted by atomic mass is 33.2. The van der Waals surface area contributed by atoms with Crippen molar-refractivity contribution >= 4 is 78.0 Å². The summed E-state index contributed by atoms with van der Waals surface area (Å²) < 4.78 is -2.28. The monoisotopic (exact) mass is 368 g/mol. The summed E-state index contributed by atoms with van der Waals surface area (Å²) in [6, 6.07) is 0. The van der Waals surface area contributed by atoms with Crippen LogP contribution in [-0.2, 0) is 23.6 Å². The van der Waals surface area contributed by atoms with Crippen molar-refractivity contribution in [3.63, 3.8) is 0 Å². The van der Waals surface area contributed by atoms with E-state index in [-0.39, 0.29) is 0 Å². The Hall–Kier alpha value is 2.70. The first-order valence-electron chi connectivity index (χ1n) is 5.14. The second-order valence-corrected chi connectivity index (χ2v) is 29.7. The summed E-state index contributed by atoms with van der Waals surface area (Å²) in [5.41, 5.74) is 0. The first kappa shape index (κ1) is 16.8. The van der Waals surface area contributed by atoms with Crippen LogP contribution in [0.3, 0.4) is 0 Å². The molecule has 0 aromatic carbocycles. The minimum absolute atomic E-state index is 1.14. The van der Waals surface area contributed by atoms with Gasteiger partial charge in [0.15, 0.2) is 0 Å². The van der Waals surface area contributed by atoms with Crippen molar-refractivity contribution in [2.45, 2.75) is 12.8 Å². The molecule has 1 aliphatic heterocycles. The summed E-state index contributed by atoms with van der Waals surface area (Å²) in [6.07, 6.45) is 2.55. The Kier molecular flexibility index (Phi) is 8.47. The second kappa shape index (κ2) is 8.09. The van der Waals surface area contributed by atoms with Crippen LogP contribution in [0, 0.1) is 0 Å². The average Bonchev–Trinajstić information content (AvgIpc) is 2.14. The fourth-order valence-electron chi connectivity index (χ4n) is 1.11. The number of hydrogen-bond donors (Lipinski definition) is 0. The van der Waals surface area contributed by atoms with Crippen LogP contribution in [0.15, 0.2) is 0 Å². The van der Waals surface area contributed by atoms with Gasteiger partial charge in [-0.05, 0) is 49.2 Å². The van der Waals surface area contributed by atoms with E-state index in [0.29, 0.717) is 0 Å². The van der Waals surface area contributed by atoms with Gasteiger partial charge in [0.1, 0.15) is 0 Å². The molecular weight excluding hydrogens is 350 g/mol. The lowest BCUT2D eigenvalue weighted by molar-refractivity contribution is 1.13. The molecule has 0 bridgehead atoms. The van der Waals surface area contributed by atoms with Crippen molar-refractivity contribution in [3.8, 4) is 0 Å². The molecule has 1 heterocycles. The van der Waals surface area contributed by atoms with Crippen molar-refractivity contribution in [2.75, 3.05) is 36.3 Å². The molecule has 0 aromatic heterocycles. The zero-order chi connectivity index (χ0) is 12.1. The van der Waals surface area contributed by atoms with Crippen LogP contribution in [0.1, 0.15) is 12.8 Å². The molecule has 0 N–H and O–H groups in total. The zero-order valence-corrected chi connectivity index (χ0v) is 16.3. The third-order valence-corrected chi connectivity index (χ3v) is 21.1. The fraction of sp³-hybridized carbons (Fsp3) is 1.00. The third-order valence-electron chi connectivity index (χ3n) is 1.88. The molecule has 1 rings (SSSR count). The Morgan fingerprint density at radius 2 is 0.938 bits per heavy atom. The van der Waals surface area contributed by atoms with Gasteiger partial charge in [-0.15, -0.1) is 45.5 Å². The highest BCUT2D eigenvalue weighted by Crippen LogP contribution is 2.69. The number of hydrogen-bond acceptors (Lipinski definition) is 6. The molecule has 16 heavy (non-hydrogen) atoms. The topological polar surface area (TPSA) is 0 Å². The predicted octanol–water partition coefficient (Wildman–Crippen LogP) is 5.59. The van der Waals surface area contributed by atoms with Gasteiger partial charge in [0.25, 0.3) is 0 Å². The Bertz CT molecular complexity index is 255. The maximum Gasteiger partial charge on any atom is 0.0542 e. The van der Waals surface area contributed by atoms with Crippen LogP contribution in [0.5, 0.6) is 0 Å². The summed E-state index contributed by atoms with van der Waals surface area (Å²) in [5, 5.41) is 0. The summed E-state index contributed by atoms with van der Waals surface area (Å²) >= 11 is 19.5. The van der Waals surface area contributed by atoms with Crippen LogP contribution in [0.4, 0.5) is 0 Å². The minimum atomic E-state index is -1.14. The van der Waals surface area contributed by atoms with Gasteiger partial charge in [-0.3, -0.25) is 0 Å². The van der Waals surface area contributed by atoms with Gasteiger partial charge in [0, 0.05) is 0 Å². The summed E-state index contributed by atoms with van der Waals surface area (Å²) in [5.74, 6) is 4.92. The van der Waals surface area contributed by atoms with Crippen LogP contribution in [0.25, 0.3) is 0 Å². The molecule has 1 aliphatic rings. The fourth-order valence-corrected chi connectivity index (χ4v) is 16.7. The van der Waals surface area contributed by atoms with Crippen molar-refractivity contribution in [2.24, 2.45) is 0 Å². The van der Waals surface area contributed by atoms with E-state index in [4.69, 9.17) is 23.6 Å². The van der Waals surface area contributed by atoms with E-state index in [1.54, 1.807) is 0 Å². The molecule has 1 saturated heterocycles. The van der Waals surface area contributed by atoms with E-state index in [0.717, 1.165) is 0 Å². The van der Waals surface area contributed by atoms with Gasteiger partial charge in [0.2, 0.25) is 0 Å². The lowest BCUT2D eigenvalue weighted by Gasteiger charge is -2.19. The molecule has 1 fully saturated rings. The summed E-state index contributed by atoms with van der Waals surface area (Å²) in [6.45, 7) is 4.57. The molecule has 0 radical (unpaired) electrons. The van der Waals surface area contributed by atoms with E-state index in [1.165, 1.54) is 35.9 Å². The first-order valence-corrected chi connectivity index (χ1v) is 18.0. The van der Waals surface area contributed by atoms with Gasteiger partial charge in [-0.1, -0.05) is 23.6 Å². The molecule has 0 spiro atoms. The molecule has 0 nitrogen and oxygen atoms in total. The number of rotatable bonds is 0. The zero-order valence-electron chi connectivity index (χ0n) is 9.59. The highest BCUT2D eigenvalue weighted by Gasteiger charge is 2.15. The molecule has 0 saturated carbocycles. The van der Waals surface area contributed by atoms with Crippen molar-refractivity contribution in [3.05, 3.63) is 0 Å². The largest absolute Gasteiger partial charge is 0.114 e.